The topological polar surface area (TPSA) is 120 Å². The minimum Gasteiger partial charge on any atom is -0.482 e. The molecule has 0 heterocycles. The van der Waals surface area contributed by atoms with Crippen molar-refractivity contribution in [3.05, 3.63) is 29.8 Å². The van der Waals surface area contributed by atoms with Crippen LogP contribution in [0.15, 0.2) is 24.3 Å². The second-order valence-corrected chi connectivity index (χ2v) is 3.54. The summed E-state index contributed by atoms with van der Waals surface area (Å²) in [7, 11) is 0. The molecule has 0 fully saturated rings. The van der Waals surface area contributed by atoms with Crippen molar-refractivity contribution < 1.29 is 24.5 Å². The SMILES string of the molecule is N#Cc1ccccc1OCC(=O)N[C@H](CO)C(=O)O. The maximum atomic E-state index is 11.4. The molecule has 1 atom stereocenters. The largest absolute Gasteiger partial charge is 0.482 e. The number of para-hydroxylation sites is 1. The van der Waals surface area contributed by atoms with Gasteiger partial charge in [-0.2, -0.15) is 5.26 Å². The number of aliphatic hydroxyl groups is 1. The molecule has 0 aromatic heterocycles. The van der Waals surface area contributed by atoms with E-state index >= 15 is 0 Å². The van der Waals surface area contributed by atoms with E-state index in [-0.39, 0.29) is 11.3 Å². The quantitative estimate of drug-likeness (QED) is 0.637. The molecule has 1 amide bonds. The van der Waals surface area contributed by atoms with Gasteiger partial charge >= 0.3 is 5.97 Å². The molecule has 100 valence electrons. The average Bonchev–Trinajstić information content (AvgIpc) is 2.42. The van der Waals surface area contributed by atoms with Gasteiger partial charge in [0, 0.05) is 0 Å². The van der Waals surface area contributed by atoms with Crippen LogP contribution in [0.5, 0.6) is 5.75 Å². The van der Waals surface area contributed by atoms with E-state index in [4.69, 9.17) is 20.2 Å². The zero-order valence-corrected chi connectivity index (χ0v) is 9.87. The number of carboxylic acid groups (broad SMARTS) is 1. The number of hydrogen-bond acceptors (Lipinski definition) is 5. The van der Waals surface area contributed by atoms with Gasteiger partial charge in [-0.3, -0.25) is 4.79 Å². The normalized spacial score (nSPS) is 11.2. The summed E-state index contributed by atoms with van der Waals surface area (Å²) >= 11 is 0. The molecule has 0 unspecified atom stereocenters. The number of aliphatic carboxylic acids is 1. The maximum absolute atomic E-state index is 11.4. The summed E-state index contributed by atoms with van der Waals surface area (Å²) in [6.45, 7) is -1.15. The lowest BCUT2D eigenvalue weighted by Gasteiger charge is -2.12. The Labute approximate surface area is 109 Å². The summed E-state index contributed by atoms with van der Waals surface area (Å²) in [4.78, 5) is 22.0. The lowest BCUT2D eigenvalue weighted by atomic mass is 10.2. The Balaban J connectivity index is 2.55. The van der Waals surface area contributed by atoms with Crippen LogP contribution in [0.1, 0.15) is 5.56 Å². The molecule has 19 heavy (non-hydrogen) atoms. The molecule has 7 heteroatoms. The Morgan fingerprint density at radius 1 is 1.42 bits per heavy atom. The Kier molecular flexibility index (Phi) is 5.32. The summed E-state index contributed by atoms with van der Waals surface area (Å²) in [5.41, 5.74) is 0.271. The van der Waals surface area contributed by atoms with Crippen LogP contribution in [0.2, 0.25) is 0 Å². The fourth-order valence-electron chi connectivity index (χ4n) is 1.25. The first-order chi connectivity index (χ1) is 9.08. The Morgan fingerprint density at radius 2 is 2.11 bits per heavy atom. The summed E-state index contributed by atoms with van der Waals surface area (Å²) in [6, 6.07) is 6.87. The number of hydrogen-bond donors (Lipinski definition) is 3. The van der Waals surface area contributed by atoms with Crippen molar-refractivity contribution >= 4 is 11.9 Å². The van der Waals surface area contributed by atoms with Crippen LogP contribution in [-0.2, 0) is 9.59 Å². The molecule has 0 aliphatic rings. The molecule has 0 bridgehead atoms. The summed E-state index contributed by atoms with van der Waals surface area (Å²) in [6.07, 6.45) is 0. The number of ether oxygens (including phenoxy) is 1. The summed E-state index contributed by atoms with van der Waals surface area (Å²) in [5.74, 6) is -1.81. The van der Waals surface area contributed by atoms with Gasteiger partial charge in [-0.15, -0.1) is 0 Å². The van der Waals surface area contributed by atoms with Gasteiger partial charge in [0.2, 0.25) is 0 Å². The number of nitrogens with zero attached hydrogens (tertiary/aromatic N) is 1. The van der Waals surface area contributed by atoms with E-state index in [2.05, 4.69) is 5.32 Å². The van der Waals surface area contributed by atoms with Crippen molar-refractivity contribution in [1.82, 2.24) is 5.32 Å². The van der Waals surface area contributed by atoms with Crippen molar-refractivity contribution in [2.75, 3.05) is 13.2 Å². The Morgan fingerprint density at radius 3 is 2.68 bits per heavy atom. The average molecular weight is 264 g/mol. The standard InChI is InChI=1S/C12H12N2O5/c13-5-8-3-1-2-4-10(8)19-7-11(16)14-9(6-15)12(17)18/h1-4,9,15H,6-7H2,(H,14,16)(H,17,18)/t9-/m1/s1. The van der Waals surface area contributed by atoms with E-state index in [1.807, 2.05) is 6.07 Å². The second kappa shape index (κ2) is 6.98. The predicted octanol–water partition coefficient (Wildman–Crippen LogP) is -0.501. The predicted molar refractivity (Wildman–Crippen MR) is 63.3 cm³/mol. The lowest BCUT2D eigenvalue weighted by Crippen LogP contribution is -2.45. The molecule has 0 saturated carbocycles. The number of carbonyl (C=O) groups excluding carboxylic acids is 1. The molecule has 0 aliphatic heterocycles. The fraction of sp³-hybridized carbons (Fsp3) is 0.250. The lowest BCUT2D eigenvalue weighted by molar-refractivity contribution is -0.143. The highest BCUT2D eigenvalue weighted by Gasteiger charge is 2.18. The number of amides is 1. The van der Waals surface area contributed by atoms with Crippen LogP contribution in [0.25, 0.3) is 0 Å². The molecule has 0 spiro atoms. The third-order valence-corrected chi connectivity index (χ3v) is 2.18. The van der Waals surface area contributed by atoms with E-state index in [0.29, 0.717) is 0 Å². The Bertz CT molecular complexity index is 509. The van der Waals surface area contributed by atoms with Crippen LogP contribution in [0.3, 0.4) is 0 Å². The summed E-state index contributed by atoms with van der Waals surface area (Å²) in [5, 5.41) is 28.2. The molecule has 0 radical (unpaired) electrons. The first-order valence-corrected chi connectivity index (χ1v) is 5.33. The summed E-state index contributed by atoms with van der Waals surface area (Å²) < 4.78 is 5.11. The van der Waals surface area contributed by atoms with Crippen molar-refractivity contribution in [3.8, 4) is 11.8 Å². The third kappa shape index (κ3) is 4.29. The number of nitriles is 1. The molecule has 7 nitrogen and oxygen atoms in total. The highest BCUT2D eigenvalue weighted by molar-refractivity contribution is 5.84. The number of aliphatic hydroxyl groups excluding tert-OH is 1. The molecular weight excluding hydrogens is 252 g/mol. The van der Waals surface area contributed by atoms with Crippen LogP contribution in [0, 0.1) is 11.3 Å². The van der Waals surface area contributed by atoms with Gasteiger partial charge in [0.1, 0.15) is 17.9 Å². The van der Waals surface area contributed by atoms with E-state index < -0.39 is 31.1 Å². The van der Waals surface area contributed by atoms with E-state index in [9.17, 15) is 9.59 Å². The number of benzene rings is 1. The van der Waals surface area contributed by atoms with Gasteiger partial charge in [-0.25, -0.2) is 4.79 Å². The van der Waals surface area contributed by atoms with Gasteiger partial charge in [-0.05, 0) is 12.1 Å². The minimum absolute atomic E-state index is 0.232. The van der Waals surface area contributed by atoms with Gasteiger partial charge < -0.3 is 20.3 Å². The first kappa shape index (κ1) is 14.5. The molecule has 0 saturated heterocycles. The van der Waals surface area contributed by atoms with Crippen molar-refractivity contribution in [2.45, 2.75) is 6.04 Å². The zero-order valence-electron chi connectivity index (χ0n) is 9.87. The molecule has 3 N–H and O–H groups in total. The molecular formula is C12H12N2O5. The van der Waals surface area contributed by atoms with E-state index in [1.54, 1.807) is 12.1 Å². The number of nitrogens with one attached hydrogen (secondary N) is 1. The van der Waals surface area contributed by atoms with Crippen LogP contribution in [0.4, 0.5) is 0 Å². The molecule has 1 aromatic rings. The van der Waals surface area contributed by atoms with E-state index in [1.165, 1.54) is 12.1 Å². The number of carboxylic acids is 1. The van der Waals surface area contributed by atoms with Crippen molar-refractivity contribution in [2.24, 2.45) is 0 Å². The van der Waals surface area contributed by atoms with Crippen LogP contribution >= 0.6 is 0 Å². The van der Waals surface area contributed by atoms with E-state index in [0.717, 1.165) is 0 Å². The van der Waals surface area contributed by atoms with Gasteiger partial charge in [0.05, 0.1) is 12.2 Å². The highest BCUT2D eigenvalue weighted by atomic mass is 16.5. The van der Waals surface area contributed by atoms with Crippen molar-refractivity contribution in [3.63, 3.8) is 0 Å². The molecule has 1 rings (SSSR count). The monoisotopic (exact) mass is 264 g/mol. The fourth-order valence-corrected chi connectivity index (χ4v) is 1.25. The minimum atomic E-state index is -1.37. The maximum Gasteiger partial charge on any atom is 0.328 e. The number of rotatable bonds is 6. The van der Waals surface area contributed by atoms with Crippen LogP contribution < -0.4 is 10.1 Å². The second-order valence-electron chi connectivity index (χ2n) is 3.54. The Hall–Kier alpha value is -2.59. The van der Waals surface area contributed by atoms with Gasteiger partial charge in [-0.1, -0.05) is 12.1 Å². The smallest absolute Gasteiger partial charge is 0.328 e. The van der Waals surface area contributed by atoms with Crippen LogP contribution in [-0.4, -0.2) is 41.3 Å². The molecule has 1 aromatic carbocycles. The third-order valence-electron chi connectivity index (χ3n) is 2.18. The number of carbonyl (C=O) groups is 2. The van der Waals surface area contributed by atoms with Gasteiger partial charge in [0.25, 0.3) is 5.91 Å². The highest BCUT2D eigenvalue weighted by Crippen LogP contribution is 2.16. The molecule has 0 aliphatic carbocycles. The van der Waals surface area contributed by atoms with Crippen molar-refractivity contribution in [1.29, 1.82) is 5.26 Å². The first-order valence-electron chi connectivity index (χ1n) is 5.33. The van der Waals surface area contributed by atoms with Gasteiger partial charge in [0.15, 0.2) is 6.61 Å². The zero-order chi connectivity index (χ0) is 14.3.